The number of nitrogens with zero attached hydrogens (tertiary/aromatic N) is 1. The maximum Gasteiger partial charge on any atom is 0.127 e. The summed E-state index contributed by atoms with van der Waals surface area (Å²) in [6.07, 6.45) is 0. The Morgan fingerprint density at radius 3 is 1.56 bits per heavy atom. The molecule has 0 unspecified atom stereocenters. The van der Waals surface area contributed by atoms with E-state index in [4.69, 9.17) is 0 Å². The van der Waals surface area contributed by atoms with Gasteiger partial charge in [0.05, 0.1) is 0 Å². The third kappa shape index (κ3) is 4.70. The highest BCUT2D eigenvalue weighted by Gasteiger charge is 2.32. The SMILES string of the molecule is CN(Cc1ccccc1)CC(O)(c1ccccc1)c1ccccc1.Cl. The first-order valence-electron chi connectivity index (χ1n) is 8.24. The summed E-state index contributed by atoms with van der Waals surface area (Å²) in [6, 6.07) is 30.1. The summed E-state index contributed by atoms with van der Waals surface area (Å²) >= 11 is 0. The van der Waals surface area contributed by atoms with Crippen molar-refractivity contribution in [3.63, 3.8) is 0 Å². The first kappa shape index (κ1) is 19.2. The van der Waals surface area contributed by atoms with Crippen molar-refractivity contribution in [2.24, 2.45) is 0 Å². The molecule has 0 saturated carbocycles. The minimum Gasteiger partial charge on any atom is -0.379 e. The van der Waals surface area contributed by atoms with Gasteiger partial charge in [0, 0.05) is 13.1 Å². The Labute approximate surface area is 156 Å². The normalized spacial score (nSPS) is 11.2. The highest BCUT2D eigenvalue weighted by atomic mass is 35.5. The van der Waals surface area contributed by atoms with Crippen LogP contribution in [0.2, 0.25) is 0 Å². The van der Waals surface area contributed by atoms with Gasteiger partial charge in [0.2, 0.25) is 0 Å². The van der Waals surface area contributed by atoms with Crippen molar-refractivity contribution in [2.45, 2.75) is 12.1 Å². The van der Waals surface area contributed by atoms with Gasteiger partial charge in [-0.2, -0.15) is 0 Å². The zero-order valence-corrected chi connectivity index (χ0v) is 15.2. The molecule has 0 bridgehead atoms. The Morgan fingerprint density at radius 2 is 1.12 bits per heavy atom. The van der Waals surface area contributed by atoms with Gasteiger partial charge in [-0.1, -0.05) is 91.0 Å². The zero-order valence-electron chi connectivity index (χ0n) is 14.4. The second kappa shape index (κ2) is 8.82. The molecule has 0 atom stereocenters. The lowest BCUT2D eigenvalue weighted by Gasteiger charge is -2.33. The second-order valence-electron chi connectivity index (χ2n) is 6.25. The van der Waals surface area contributed by atoms with Gasteiger partial charge < -0.3 is 5.11 Å². The highest BCUT2D eigenvalue weighted by Crippen LogP contribution is 2.30. The maximum absolute atomic E-state index is 11.6. The van der Waals surface area contributed by atoms with Crippen molar-refractivity contribution in [2.75, 3.05) is 13.6 Å². The minimum absolute atomic E-state index is 0. The minimum atomic E-state index is -1.04. The van der Waals surface area contributed by atoms with E-state index in [2.05, 4.69) is 17.0 Å². The maximum atomic E-state index is 11.6. The molecular weight excluding hydrogens is 330 g/mol. The van der Waals surface area contributed by atoms with Crippen LogP contribution in [0, 0.1) is 0 Å². The molecule has 3 aromatic rings. The van der Waals surface area contributed by atoms with Gasteiger partial charge in [0.1, 0.15) is 5.60 Å². The molecule has 0 spiro atoms. The molecule has 0 aliphatic rings. The molecule has 0 aliphatic carbocycles. The number of rotatable bonds is 6. The fraction of sp³-hybridized carbons (Fsp3) is 0.182. The van der Waals surface area contributed by atoms with E-state index >= 15 is 0 Å². The number of hydrogen-bond acceptors (Lipinski definition) is 2. The second-order valence-corrected chi connectivity index (χ2v) is 6.25. The predicted octanol–water partition coefficient (Wildman–Crippen LogP) is 4.48. The molecule has 3 heteroatoms. The first-order valence-corrected chi connectivity index (χ1v) is 8.24. The summed E-state index contributed by atoms with van der Waals surface area (Å²) in [7, 11) is 2.05. The lowest BCUT2D eigenvalue weighted by atomic mass is 9.86. The van der Waals surface area contributed by atoms with Gasteiger partial charge in [-0.15, -0.1) is 12.4 Å². The van der Waals surface area contributed by atoms with Crippen LogP contribution >= 0.6 is 12.4 Å². The Kier molecular flexibility index (Phi) is 6.77. The van der Waals surface area contributed by atoms with E-state index in [1.54, 1.807) is 0 Å². The number of aliphatic hydroxyl groups is 1. The quantitative estimate of drug-likeness (QED) is 0.706. The number of hydrogen-bond donors (Lipinski definition) is 1. The highest BCUT2D eigenvalue weighted by molar-refractivity contribution is 5.85. The standard InChI is InChI=1S/C22H23NO.ClH/c1-23(17-19-11-5-2-6-12-19)18-22(24,20-13-7-3-8-14-20)21-15-9-4-10-16-21;/h2-16,24H,17-18H2,1H3;1H. The van der Waals surface area contributed by atoms with Crippen LogP contribution in [0.3, 0.4) is 0 Å². The molecule has 0 amide bonds. The molecule has 0 heterocycles. The molecule has 0 radical (unpaired) electrons. The summed E-state index contributed by atoms with van der Waals surface area (Å²) in [4.78, 5) is 2.16. The lowest BCUT2D eigenvalue weighted by molar-refractivity contribution is 0.0418. The van der Waals surface area contributed by atoms with Crippen molar-refractivity contribution < 1.29 is 5.11 Å². The van der Waals surface area contributed by atoms with Gasteiger partial charge in [0.25, 0.3) is 0 Å². The van der Waals surface area contributed by atoms with E-state index in [1.165, 1.54) is 5.56 Å². The van der Waals surface area contributed by atoms with E-state index in [0.29, 0.717) is 6.54 Å². The summed E-state index contributed by atoms with van der Waals surface area (Å²) in [6.45, 7) is 1.32. The van der Waals surface area contributed by atoms with E-state index in [-0.39, 0.29) is 12.4 Å². The van der Waals surface area contributed by atoms with Crippen LogP contribution in [0.5, 0.6) is 0 Å². The van der Waals surface area contributed by atoms with Crippen molar-refractivity contribution >= 4 is 12.4 Å². The van der Waals surface area contributed by atoms with E-state index in [1.807, 2.05) is 85.9 Å². The first-order chi connectivity index (χ1) is 11.7. The Bertz CT molecular complexity index is 707. The average molecular weight is 354 g/mol. The van der Waals surface area contributed by atoms with Crippen molar-refractivity contribution in [3.05, 3.63) is 108 Å². The van der Waals surface area contributed by atoms with E-state index < -0.39 is 5.60 Å². The Balaban J connectivity index is 0.00000225. The van der Waals surface area contributed by atoms with Gasteiger partial charge in [-0.05, 0) is 23.7 Å². The summed E-state index contributed by atoms with van der Waals surface area (Å²) < 4.78 is 0. The van der Waals surface area contributed by atoms with Gasteiger partial charge in [-0.3, -0.25) is 4.90 Å². The molecule has 130 valence electrons. The lowest BCUT2D eigenvalue weighted by Crippen LogP contribution is -2.40. The summed E-state index contributed by atoms with van der Waals surface area (Å²) in [5, 5.41) is 11.6. The molecule has 0 aromatic heterocycles. The third-order valence-electron chi connectivity index (χ3n) is 4.30. The molecule has 3 aromatic carbocycles. The Hall–Kier alpha value is -2.13. The van der Waals surface area contributed by atoms with Crippen LogP contribution in [0.1, 0.15) is 16.7 Å². The molecule has 0 fully saturated rings. The molecule has 25 heavy (non-hydrogen) atoms. The Morgan fingerprint density at radius 1 is 0.720 bits per heavy atom. The molecule has 0 saturated heterocycles. The van der Waals surface area contributed by atoms with E-state index in [0.717, 1.165) is 17.7 Å². The number of likely N-dealkylation sites (N-methyl/N-ethyl adjacent to an activating group) is 1. The summed E-state index contributed by atoms with van der Waals surface area (Å²) in [5.74, 6) is 0. The molecule has 1 N–H and O–H groups in total. The smallest absolute Gasteiger partial charge is 0.127 e. The number of halogens is 1. The average Bonchev–Trinajstić information content (AvgIpc) is 2.64. The molecular formula is C22H24ClNO. The molecule has 2 nitrogen and oxygen atoms in total. The van der Waals surface area contributed by atoms with Crippen molar-refractivity contribution in [1.29, 1.82) is 0 Å². The molecule has 3 rings (SSSR count). The van der Waals surface area contributed by atoms with Gasteiger partial charge >= 0.3 is 0 Å². The van der Waals surface area contributed by atoms with Gasteiger partial charge in [-0.25, -0.2) is 0 Å². The van der Waals surface area contributed by atoms with Crippen LogP contribution in [-0.4, -0.2) is 23.6 Å². The van der Waals surface area contributed by atoms with Crippen LogP contribution in [-0.2, 0) is 12.1 Å². The fourth-order valence-electron chi connectivity index (χ4n) is 3.12. The fourth-order valence-corrected chi connectivity index (χ4v) is 3.12. The summed E-state index contributed by atoms with van der Waals surface area (Å²) in [5.41, 5.74) is 2.03. The van der Waals surface area contributed by atoms with Crippen molar-refractivity contribution in [3.8, 4) is 0 Å². The van der Waals surface area contributed by atoms with Crippen LogP contribution in [0.4, 0.5) is 0 Å². The topological polar surface area (TPSA) is 23.5 Å². The van der Waals surface area contributed by atoms with Crippen LogP contribution in [0.15, 0.2) is 91.0 Å². The largest absolute Gasteiger partial charge is 0.379 e. The van der Waals surface area contributed by atoms with Crippen LogP contribution in [0.25, 0.3) is 0 Å². The van der Waals surface area contributed by atoms with Crippen molar-refractivity contribution in [1.82, 2.24) is 4.90 Å². The predicted molar refractivity (Wildman–Crippen MR) is 106 cm³/mol. The van der Waals surface area contributed by atoms with E-state index in [9.17, 15) is 5.11 Å². The third-order valence-corrected chi connectivity index (χ3v) is 4.30. The van der Waals surface area contributed by atoms with Crippen LogP contribution < -0.4 is 0 Å². The monoisotopic (exact) mass is 353 g/mol. The van der Waals surface area contributed by atoms with Gasteiger partial charge in [0.15, 0.2) is 0 Å². The zero-order chi connectivity index (χ0) is 16.8. The number of benzene rings is 3. The molecule has 0 aliphatic heterocycles.